The molecule has 4 rings (SSSR count). The number of nitrogens with zero attached hydrogens (tertiary/aromatic N) is 4. The number of aliphatic imine (C=N–C) groups is 1. The highest BCUT2D eigenvalue weighted by Crippen LogP contribution is 2.40. The van der Waals surface area contributed by atoms with Crippen LogP contribution in [0.25, 0.3) is 17.3 Å². The molecule has 0 saturated carbocycles. The summed E-state index contributed by atoms with van der Waals surface area (Å²) < 4.78 is 58.4. The lowest BCUT2D eigenvalue weighted by molar-refractivity contribution is -0.139. The number of fused-ring (bicyclic) bond motifs is 5. The average Bonchev–Trinajstić information content (AvgIpc) is 3.38. The maximum Gasteiger partial charge on any atom is 0.421 e. The van der Waals surface area contributed by atoms with E-state index in [0.29, 0.717) is 43.9 Å². The molecule has 2 aromatic heterocycles. The van der Waals surface area contributed by atoms with E-state index in [1.54, 1.807) is 27.0 Å². The van der Waals surface area contributed by atoms with Gasteiger partial charge in [0.1, 0.15) is 16.9 Å². The lowest BCUT2D eigenvalue weighted by Gasteiger charge is -2.21. The molecule has 0 spiro atoms. The topological polar surface area (TPSA) is 138 Å². The van der Waals surface area contributed by atoms with Gasteiger partial charge in [0.25, 0.3) is 11.8 Å². The van der Waals surface area contributed by atoms with Crippen molar-refractivity contribution < 1.29 is 31.9 Å². The molecule has 0 fully saturated rings. The largest absolute Gasteiger partial charge is 0.477 e. The normalized spacial score (nSPS) is 16.6. The van der Waals surface area contributed by atoms with E-state index in [-0.39, 0.29) is 35.5 Å². The van der Waals surface area contributed by atoms with Crippen molar-refractivity contribution in [2.75, 3.05) is 11.9 Å². The standard InChI is InChI=1S/C28H31F3N6O4/c1-27(2,3)41-26(38)34-20-14-19(28(29,30)31)23-35-22(20)25-37-36-24(40-25)21(32)18(12-8-5-9-13-39-23)16-33-15-17-10-6-4-7-11-17/h4,6-7,10-11,14,16H,5,8-9,12-13,15,32H2,1-3H3,(H,34,38)/b21-18-,33-16?. The number of benzene rings is 1. The monoisotopic (exact) mass is 572 g/mol. The molecule has 218 valence electrons. The summed E-state index contributed by atoms with van der Waals surface area (Å²) in [6.45, 7) is 5.29. The Labute approximate surface area is 234 Å². The molecule has 0 saturated heterocycles. The van der Waals surface area contributed by atoms with E-state index in [4.69, 9.17) is 19.6 Å². The molecule has 0 radical (unpaired) electrons. The van der Waals surface area contributed by atoms with Gasteiger partial charge in [0, 0.05) is 6.21 Å². The number of ether oxygens (including phenoxy) is 2. The van der Waals surface area contributed by atoms with Gasteiger partial charge < -0.3 is 19.6 Å². The van der Waals surface area contributed by atoms with Crippen molar-refractivity contribution in [2.45, 2.75) is 64.8 Å². The van der Waals surface area contributed by atoms with Crippen LogP contribution in [-0.4, -0.2) is 39.7 Å². The van der Waals surface area contributed by atoms with Gasteiger partial charge in [-0.15, -0.1) is 10.2 Å². The summed E-state index contributed by atoms with van der Waals surface area (Å²) in [4.78, 5) is 21.1. The number of nitrogens with two attached hydrogens (primary N) is 1. The summed E-state index contributed by atoms with van der Waals surface area (Å²) in [5.74, 6) is -1.01. The summed E-state index contributed by atoms with van der Waals surface area (Å²) in [6.07, 6.45) is -1.85. The molecule has 41 heavy (non-hydrogen) atoms. The van der Waals surface area contributed by atoms with Gasteiger partial charge in [-0.2, -0.15) is 13.2 Å². The Morgan fingerprint density at radius 3 is 2.56 bits per heavy atom. The number of nitrogens with one attached hydrogen (secondary N) is 1. The molecule has 4 bridgehead atoms. The SMILES string of the molecule is CC(C)(C)OC(=O)Nc1cc(C(F)(F)F)c2nc1-c1nnc(o1)/C(N)=C(/C=NCc1ccccc1)CCCCCO2. The number of amides is 1. The number of alkyl halides is 3. The van der Waals surface area contributed by atoms with Gasteiger partial charge in [0.05, 0.1) is 18.8 Å². The molecule has 3 heterocycles. The van der Waals surface area contributed by atoms with Crippen LogP contribution >= 0.6 is 0 Å². The van der Waals surface area contributed by atoms with Crippen molar-refractivity contribution in [3.8, 4) is 17.5 Å². The Bertz CT molecular complexity index is 1430. The van der Waals surface area contributed by atoms with E-state index >= 15 is 0 Å². The van der Waals surface area contributed by atoms with E-state index in [1.807, 2.05) is 30.3 Å². The van der Waals surface area contributed by atoms with Crippen molar-refractivity contribution in [1.29, 1.82) is 0 Å². The first kappa shape index (κ1) is 29.6. The van der Waals surface area contributed by atoms with Crippen LogP contribution in [0.3, 0.4) is 0 Å². The van der Waals surface area contributed by atoms with Crippen LogP contribution in [0.1, 0.15) is 63.5 Å². The molecule has 0 aliphatic carbocycles. The maximum absolute atomic E-state index is 14.0. The van der Waals surface area contributed by atoms with E-state index in [9.17, 15) is 18.0 Å². The zero-order valence-electron chi connectivity index (χ0n) is 22.9. The Morgan fingerprint density at radius 2 is 1.85 bits per heavy atom. The number of hydrogen-bond donors (Lipinski definition) is 2. The second-order valence-corrected chi connectivity index (χ2v) is 10.3. The third kappa shape index (κ3) is 8.05. The van der Waals surface area contributed by atoms with Gasteiger partial charge in [0.2, 0.25) is 5.88 Å². The van der Waals surface area contributed by atoms with E-state index in [0.717, 1.165) is 5.56 Å². The van der Waals surface area contributed by atoms with Crippen LogP contribution in [0.2, 0.25) is 0 Å². The van der Waals surface area contributed by atoms with Crippen LogP contribution in [0.15, 0.2) is 51.4 Å². The first-order chi connectivity index (χ1) is 19.4. The molecule has 3 N–H and O–H groups in total. The molecule has 0 unspecified atom stereocenters. The average molecular weight is 573 g/mol. The minimum absolute atomic E-state index is 0.0138. The van der Waals surface area contributed by atoms with Crippen LogP contribution in [0.4, 0.5) is 23.7 Å². The number of pyridine rings is 1. The molecular weight excluding hydrogens is 541 g/mol. The number of anilines is 1. The zero-order chi connectivity index (χ0) is 29.6. The Balaban J connectivity index is 1.76. The lowest BCUT2D eigenvalue weighted by atomic mass is 10.1. The quantitative estimate of drug-likeness (QED) is 0.343. The third-order valence-corrected chi connectivity index (χ3v) is 5.83. The van der Waals surface area contributed by atoms with Crippen LogP contribution in [0.5, 0.6) is 5.88 Å². The number of carbonyl (C=O) groups is 1. The molecule has 10 nitrogen and oxygen atoms in total. The third-order valence-electron chi connectivity index (χ3n) is 5.83. The molecular formula is C28H31F3N6O4. The van der Waals surface area contributed by atoms with Crippen molar-refractivity contribution in [3.05, 3.63) is 59.0 Å². The van der Waals surface area contributed by atoms with E-state index in [2.05, 4.69) is 25.5 Å². The van der Waals surface area contributed by atoms with Gasteiger partial charge >= 0.3 is 12.3 Å². The number of aromatic nitrogens is 3. The number of hydrogen-bond acceptors (Lipinski definition) is 9. The minimum Gasteiger partial charge on any atom is -0.477 e. The first-order valence-electron chi connectivity index (χ1n) is 13.0. The highest BCUT2D eigenvalue weighted by Gasteiger charge is 2.38. The number of carbonyl (C=O) groups excluding carboxylic acids is 1. The predicted octanol–water partition coefficient (Wildman–Crippen LogP) is 6.39. The lowest BCUT2D eigenvalue weighted by Crippen LogP contribution is -2.27. The molecule has 3 aromatic rings. The second-order valence-electron chi connectivity index (χ2n) is 10.3. The van der Waals surface area contributed by atoms with E-state index < -0.39 is 29.3 Å². The fraction of sp³-hybridized carbons (Fsp3) is 0.393. The fourth-order valence-electron chi connectivity index (χ4n) is 3.92. The summed E-state index contributed by atoms with van der Waals surface area (Å²) in [7, 11) is 0. The molecule has 1 aliphatic rings. The van der Waals surface area contributed by atoms with Crippen molar-refractivity contribution in [3.63, 3.8) is 0 Å². The van der Waals surface area contributed by atoms with Gasteiger partial charge in [-0.25, -0.2) is 9.78 Å². The Morgan fingerprint density at radius 1 is 1.12 bits per heavy atom. The van der Waals surface area contributed by atoms with E-state index in [1.165, 1.54) is 0 Å². The molecule has 0 atom stereocenters. The Hall–Kier alpha value is -4.42. The summed E-state index contributed by atoms with van der Waals surface area (Å²) in [5.41, 5.74) is 5.62. The molecule has 1 aromatic carbocycles. The van der Waals surface area contributed by atoms with Crippen LogP contribution < -0.4 is 15.8 Å². The van der Waals surface area contributed by atoms with Crippen molar-refractivity contribution in [1.82, 2.24) is 15.2 Å². The second kappa shape index (κ2) is 12.4. The summed E-state index contributed by atoms with van der Waals surface area (Å²) in [5, 5.41) is 10.3. The Kier molecular flexibility index (Phi) is 8.94. The smallest absolute Gasteiger partial charge is 0.421 e. The van der Waals surface area contributed by atoms with Crippen LogP contribution in [-0.2, 0) is 17.5 Å². The molecule has 1 amide bonds. The van der Waals surface area contributed by atoms with Crippen molar-refractivity contribution in [2.24, 2.45) is 10.7 Å². The molecule has 1 aliphatic heterocycles. The first-order valence-corrected chi connectivity index (χ1v) is 13.0. The predicted molar refractivity (Wildman–Crippen MR) is 146 cm³/mol. The fourth-order valence-corrected chi connectivity index (χ4v) is 3.92. The van der Waals surface area contributed by atoms with Gasteiger partial charge in [-0.3, -0.25) is 10.3 Å². The minimum atomic E-state index is -4.82. The maximum atomic E-state index is 14.0. The van der Waals surface area contributed by atoms with Gasteiger partial charge in [0.15, 0.2) is 5.69 Å². The number of halogens is 3. The highest BCUT2D eigenvalue weighted by molar-refractivity contribution is 5.90. The van der Waals surface area contributed by atoms with Crippen LogP contribution in [0, 0.1) is 0 Å². The molecule has 13 heteroatoms. The highest BCUT2D eigenvalue weighted by atomic mass is 19.4. The van der Waals surface area contributed by atoms with Crippen molar-refractivity contribution >= 4 is 23.7 Å². The van der Waals surface area contributed by atoms with Gasteiger partial charge in [-0.1, -0.05) is 30.3 Å². The van der Waals surface area contributed by atoms with Gasteiger partial charge in [-0.05, 0) is 63.7 Å². The number of rotatable bonds is 4. The summed E-state index contributed by atoms with van der Waals surface area (Å²) >= 11 is 0. The summed E-state index contributed by atoms with van der Waals surface area (Å²) in [6, 6.07) is 10.4. The zero-order valence-corrected chi connectivity index (χ0v) is 22.9. The number of allylic oxidation sites excluding steroid dienone is 1.